The van der Waals surface area contributed by atoms with Gasteiger partial charge in [-0.25, -0.2) is 4.98 Å². The molecule has 0 aromatic carbocycles. The van der Waals surface area contributed by atoms with Crippen molar-refractivity contribution in [3.8, 4) is 0 Å². The highest BCUT2D eigenvalue weighted by Crippen LogP contribution is 2.13. The normalized spacial score (nSPS) is 21.5. The molecule has 140 valence electrons. The number of carbonyl (C=O) groups is 1. The average molecular weight is 349 g/mol. The molecule has 25 heavy (non-hydrogen) atoms. The summed E-state index contributed by atoms with van der Waals surface area (Å²) in [5.41, 5.74) is 7.14. The first-order chi connectivity index (χ1) is 12.0. The van der Waals surface area contributed by atoms with Gasteiger partial charge in [0.15, 0.2) is 0 Å². The van der Waals surface area contributed by atoms with Gasteiger partial charge in [-0.2, -0.15) is 0 Å². The second-order valence-electron chi connectivity index (χ2n) is 7.32. The molecule has 3 heterocycles. The molecule has 0 saturated carbocycles. The number of hydrogen-bond acceptors (Lipinski definition) is 6. The van der Waals surface area contributed by atoms with E-state index in [2.05, 4.69) is 14.8 Å². The molecule has 7 heteroatoms. The van der Waals surface area contributed by atoms with Crippen LogP contribution in [-0.2, 0) is 11.3 Å². The van der Waals surface area contributed by atoms with Gasteiger partial charge in [0.25, 0.3) is 0 Å². The molecule has 7 nitrogen and oxygen atoms in total. The van der Waals surface area contributed by atoms with Crippen molar-refractivity contribution in [2.45, 2.75) is 45.7 Å². The SMILES string of the molecule is Cc1nc(CN2CCN(C(=O)C(N)CN3CCCCC3)CC2)oc1C. The molecule has 2 fully saturated rings. The zero-order valence-corrected chi connectivity index (χ0v) is 15.5. The van der Waals surface area contributed by atoms with Crippen molar-refractivity contribution in [3.05, 3.63) is 17.3 Å². The van der Waals surface area contributed by atoms with Crippen molar-refractivity contribution < 1.29 is 9.21 Å². The summed E-state index contributed by atoms with van der Waals surface area (Å²) in [5, 5.41) is 0. The fourth-order valence-corrected chi connectivity index (χ4v) is 3.66. The summed E-state index contributed by atoms with van der Waals surface area (Å²) in [7, 11) is 0. The van der Waals surface area contributed by atoms with Crippen LogP contribution in [0.3, 0.4) is 0 Å². The largest absolute Gasteiger partial charge is 0.444 e. The van der Waals surface area contributed by atoms with Gasteiger partial charge in [0, 0.05) is 32.7 Å². The van der Waals surface area contributed by atoms with Crippen molar-refractivity contribution in [2.75, 3.05) is 45.8 Å². The maximum absolute atomic E-state index is 12.6. The molecular weight excluding hydrogens is 318 g/mol. The van der Waals surface area contributed by atoms with Gasteiger partial charge >= 0.3 is 0 Å². The van der Waals surface area contributed by atoms with Crippen LogP contribution in [-0.4, -0.2) is 77.4 Å². The number of nitrogens with two attached hydrogens (primary N) is 1. The standard InChI is InChI=1S/C18H31N5O2/c1-14-15(2)25-17(20-14)13-22-8-10-23(11-9-22)18(24)16(19)12-21-6-4-3-5-7-21/h16H,3-13,19H2,1-2H3. The third-order valence-corrected chi connectivity index (χ3v) is 5.34. The van der Waals surface area contributed by atoms with Gasteiger partial charge in [-0.05, 0) is 39.8 Å². The number of hydrogen-bond donors (Lipinski definition) is 1. The first-order valence-electron chi connectivity index (χ1n) is 9.45. The Morgan fingerprint density at radius 3 is 2.36 bits per heavy atom. The van der Waals surface area contributed by atoms with E-state index in [0.29, 0.717) is 13.1 Å². The maximum Gasteiger partial charge on any atom is 0.240 e. The monoisotopic (exact) mass is 349 g/mol. The number of aryl methyl sites for hydroxylation is 2. The average Bonchev–Trinajstić information content (AvgIpc) is 2.93. The van der Waals surface area contributed by atoms with E-state index in [-0.39, 0.29) is 5.91 Å². The molecule has 0 radical (unpaired) electrons. The fraction of sp³-hybridized carbons (Fsp3) is 0.778. The Morgan fingerprint density at radius 1 is 1.08 bits per heavy atom. The third-order valence-electron chi connectivity index (χ3n) is 5.34. The molecule has 1 amide bonds. The maximum atomic E-state index is 12.6. The van der Waals surface area contributed by atoms with E-state index in [9.17, 15) is 4.79 Å². The molecule has 0 aliphatic carbocycles. The van der Waals surface area contributed by atoms with Crippen LogP contribution >= 0.6 is 0 Å². The van der Waals surface area contributed by atoms with E-state index < -0.39 is 6.04 Å². The van der Waals surface area contributed by atoms with Crippen LogP contribution in [0.5, 0.6) is 0 Å². The van der Waals surface area contributed by atoms with Gasteiger partial charge in [0.05, 0.1) is 18.3 Å². The van der Waals surface area contributed by atoms with Crippen LogP contribution in [0.4, 0.5) is 0 Å². The summed E-state index contributed by atoms with van der Waals surface area (Å²) < 4.78 is 5.66. The van der Waals surface area contributed by atoms with Gasteiger partial charge in [0.2, 0.25) is 11.8 Å². The van der Waals surface area contributed by atoms with Crippen LogP contribution in [0.25, 0.3) is 0 Å². The summed E-state index contributed by atoms with van der Waals surface area (Å²) in [4.78, 5) is 23.6. The predicted molar refractivity (Wildman–Crippen MR) is 96.1 cm³/mol. The molecule has 0 spiro atoms. The quantitative estimate of drug-likeness (QED) is 0.845. The Hall–Kier alpha value is -1.44. The van der Waals surface area contributed by atoms with Crippen LogP contribution in [0.2, 0.25) is 0 Å². The Balaban J connectivity index is 1.43. The number of nitrogens with zero attached hydrogens (tertiary/aromatic N) is 4. The van der Waals surface area contributed by atoms with Crippen LogP contribution in [0, 0.1) is 13.8 Å². The number of carbonyl (C=O) groups excluding carboxylic acids is 1. The zero-order valence-electron chi connectivity index (χ0n) is 15.5. The lowest BCUT2D eigenvalue weighted by Crippen LogP contribution is -2.55. The van der Waals surface area contributed by atoms with Gasteiger partial charge < -0.3 is 20.0 Å². The number of piperidine rings is 1. The van der Waals surface area contributed by atoms with E-state index >= 15 is 0 Å². The summed E-state index contributed by atoms with van der Waals surface area (Å²) >= 11 is 0. The highest BCUT2D eigenvalue weighted by Gasteiger charge is 2.27. The molecule has 1 aromatic heterocycles. The van der Waals surface area contributed by atoms with Gasteiger partial charge in [-0.15, -0.1) is 0 Å². The summed E-state index contributed by atoms with van der Waals surface area (Å²) in [6.07, 6.45) is 3.74. The summed E-state index contributed by atoms with van der Waals surface area (Å²) in [6.45, 7) is 10.6. The fourth-order valence-electron chi connectivity index (χ4n) is 3.66. The number of likely N-dealkylation sites (tertiary alicyclic amines) is 1. The molecule has 0 bridgehead atoms. The Bertz CT molecular complexity index is 555. The highest BCUT2D eigenvalue weighted by atomic mass is 16.4. The molecule has 2 aliphatic rings. The van der Waals surface area contributed by atoms with Crippen molar-refractivity contribution in [2.24, 2.45) is 5.73 Å². The van der Waals surface area contributed by atoms with Gasteiger partial charge in [0.1, 0.15) is 5.76 Å². The van der Waals surface area contributed by atoms with E-state index in [1.54, 1.807) is 0 Å². The number of piperazine rings is 1. The van der Waals surface area contributed by atoms with E-state index in [1.807, 2.05) is 18.7 Å². The van der Waals surface area contributed by atoms with Gasteiger partial charge in [-0.3, -0.25) is 9.69 Å². The van der Waals surface area contributed by atoms with Crippen LogP contribution in [0.15, 0.2) is 4.42 Å². The lowest BCUT2D eigenvalue weighted by atomic mass is 10.1. The minimum atomic E-state index is -0.401. The summed E-state index contributed by atoms with van der Waals surface area (Å²) in [6, 6.07) is -0.401. The number of aromatic nitrogens is 1. The second kappa shape index (κ2) is 8.29. The lowest BCUT2D eigenvalue weighted by molar-refractivity contribution is -0.135. The molecule has 3 rings (SSSR count). The van der Waals surface area contributed by atoms with Crippen molar-refractivity contribution >= 4 is 5.91 Å². The number of rotatable bonds is 5. The minimum absolute atomic E-state index is 0.0908. The first kappa shape index (κ1) is 18.4. The van der Waals surface area contributed by atoms with E-state index in [1.165, 1.54) is 19.3 Å². The Morgan fingerprint density at radius 2 is 1.76 bits per heavy atom. The van der Waals surface area contributed by atoms with Gasteiger partial charge in [-0.1, -0.05) is 6.42 Å². The topological polar surface area (TPSA) is 78.8 Å². The molecular formula is C18H31N5O2. The smallest absolute Gasteiger partial charge is 0.240 e. The highest BCUT2D eigenvalue weighted by molar-refractivity contribution is 5.82. The van der Waals surface area contributed by atoms with Crippen LogP contribution < -0.4 is 5.73 Å². The third kappa shape index (κ3) is 4.80. The molecule has 1 aromatic rings. The molecule has 2 N–H and O–H groups in total. The van der Waals surface area contributed by atoms with Crippen molar-refractivity contribution in [1.29, 1.82) is 0 Å². The first-order valence-corrected chi connectivity index (χ1v) is 9.45. The zero-order chi connectivity index (χ0) is 17.8. The Kier molecular flexibility index (Phi) is 6.09. The van der Waals surface area contributed by atoms with E-state index in [4.69, 9.17) is 10.2 Å². The second-order valence-corrected chi connectivity index (χ2v) is 7.32. The summed E-state index contributed by atoms with van der Waals surface area (Å²) in [5.74, 6) is 1.73. The van der Waals surface area contributed by atoms with Crippen LogP contribution in [0.1, 0.15) is 36.6 Å². The molecule has 2 saturated heterocycles. The molecule has 1 unspecified atom stereocenters. The molecule has 1 atom stereocenters. The number of oxazole rings is 1. The predicted octanol–water partition coefficient (Wildman–Crippen LogP) is 0.749. The molecule has 2 aliphatic heterocycles. The Labute approximate surface area is 150 Å². The number of amides is 1. The van der Waals surface area contributed by atoms with Crippen molar-refractivity contribution in [3.63, 3.8) is 0 Å². The minimum Gasteiger partial charge on any atom is -0.444 e. The van der Waals surface area contributed by atoms with Crippen molar-refractivity contribution in [1.82, 2.24) is 19.7 Å². The van der Waals surface area contributed by atoms with E-state index in [0.717, 1.165) is 56.6 Å². The lowest BCUT2D eigenvalue weighted by Gasteiger charge is -2.36.